The largest absolute Gasteiger partial charge is 0.367 e. The molecule has 4 nitrogen and oxygen atoms in total. The maximum atomic E-state index is 5.94. The molecule has 1 aromatic heterocycles. The summed E-state index contributed by atoms with van der Waals surface area (Å²) < 4.78 is 0. The zero-order chi connectivity index (χ0) is 14.0. The first-order chi connectivity index (χ1) is 9.02. The minimum Gasteiger partial charge on any atom is -0.367 e. The second kappa shape index (κ2) is 5.88. The molecule has 19 heavy (non-hydrogen) atoms. The van der Waals surface area contributed by atoms with Crippen LogP contribution in [-0.4, -0.2) is 42.6 Å². The lowest BCUT2D eigenvalue weighted by atomic mass is 10.1. The van der Waals surface area contributed by atoms with Crippen LogP contribution in [-0.2, 0) is 6.54 Å². The number of aromatic nitrogens is 1. The van der Waals surface area contributed by atoms with Gasteiger partial charge in [-0.25, -0.2) is 0 Å². The van der Waals surface area contributed by atoms with Gasteiger partial charge in [0.25, 0.3) is 0 Å². The van der Waals surface area contributed by atoms with Crippen molar-refractivity contribution in [1.29, 1.82) is 0 Å². The van der Waals surface area contributed by atoms with Crippen LogP contribution in [0.15, 0.2) is 6.07 Å². The summed E-state index contributed by atoms with van der Waals surface area (Å²) in [4.78, 5) is 9.46. The summed E-state index contributed by atoms with van der Waals surface area (Å²) in [5.74, 6) is 0. The van der Waals surface area contributed by atoms with Crippen molar-refractivity contribution < 1.29 is 0 Å². The molecule has 1 saturated heterocycles. The summed E-state index contributed by atoms with van der Waals surface area (Å²) >= 11 is 0. The maximum absolute atomic E-state index is 5.94. The third-order valence-corrected chi connectivity index (χ3v) is 4.00. The first-order valence-corrected chi connectivity index (χ1v) is 7.15. The van der Waals surface area contributed by atoms with Gasteiger partial charge in [-0.15, -0.1) is 0 Å². The summed E-state index contributed by atoms with van der Waals surface area (Å²) in [6.45, 7) is 10.4. The van der Waals surface area contributed by atoms with Crippen molar-refractivity contribution in [3.8, 4) is 0 Å². The van der Waals surface area contributed by atoms with E-state index in [9.17, 15) is 0 Å². The van der Waals surface area contributed by atoms with Crippen molar-refractivity contribution in [3.63, 3.8) is 0 Å². The lowest BCUT2D eigenvalue weighted by Crippen LogP contribution is -2.38. The van der Waals surface area contributed by atoms with Gasteiger partial charge in [0.2, 0.25) is 0 Å². The van der Waals surface area contributed by atoms with Gasteiger partial charge < -0.3 is 15.5 Å². The fraction of sp³-hybridized carbons (Fsp3) is 0.667. The molecular formula is C15H26N4. The Labute approximate surface area is 116 Å². The van der Waals surface area contributed by atoms with E-state index in [1.165, 1.54) is 24.2 Å². The minimum absolute atomic E-state index is 0.513. The van der Waals surface area contributed by atoms with Crippen LogP contribution in [0.5, 0.6) is 0 Å². The van der Waals surface area contributed by atoms with Crippen LogP contribution in [0.1, 0.15) is 30.3 Å². The average Bonchev–Trinajstić information content (AvgIpc) is 2.49. The van der Waals surface area contributed by atoms with Crippen LogP contribution in [0.2, 0.25) is 0 Å². The van der Waals surface area contributed by atoms with Crippen molar-refractivity contribution in [2.75, 3.05) is 31.6 Å². The van der Waals surface area contributed by atoms with Gasteiger partial charge in [0.05, 0.1) is 0 Å². The molecule has 0 aromatic carbocycles. The molecule has 106 valence electrons. The molecule has 0 bridgehead atoms. The highest BCUT2D eigenvalue weighted by Gasteiger charge is 2.22. The fourth-order valence-corrected chi connectivity index (χ4v) is 3.07. The second-order valence-corrected chi connectivity index (χ2v) is 5.71. The van der Waals surface area contributed by atoms with E-state index in [4.69, 9.17) is 5.73 Å². The minimum atomic E-state index is 0.513. The van der Waals surface area contributed by atoms with Crippen LogP contribution in [0.4, 0.5) is 5.69 Å². The van der Waals surface area contributed by atoms with E-state index in [0.717, 1.165) is 24.5 Å². The topological polar surface area (TPSA) is 45.4 Å². The molecule has 2 heterocycles. The summed E-state index contributed by atoms with van der Waals surface area (Å²) in [5, 5.41) is 0. The normalized spacial score (nSPS) is 21.5. The summed E-state index contributed by atoms with van der Waals surface area (Å²) in [5.41, 5.74) is 10.6. The Balaban J connectivity index is 2.39. The third kappa shape index (κ3) is 3.07. The number of hydrogen-bond donors (Lipinski definition) is 1. The van der Waals surface area contributed by atoms with E-state index in [2.05, 4.69) is 48.7 Å². The van der Waals surface area contributed by atoms with E-state index in [0.29, 0.717) is 12.6 Å². The number of aryl methyl sites for hydroxylation is 2. The maximum Gasteiger partial charge on any atom is 0.0451 e. The van der Waals surface area contributed by atoms with Gasteiger partial charge in [-0.05, 0) is 46.9 Å². The number of nitrogens with two attached hydrogens (primary N) is 1. The van der Waals surface area contributed by atoms with Crippen molar-refractivity contribution in [2.45, 2.75) is 39.8 Å². The van der Waals surface area contributed by atoms with E-state index in [1.54, 1.807) is 0 Å². The number of pyridine rings is 1. The Hall–Kier alpha value is -1.13. The molecule has 0 spiro atoms. The molecule has 2 N–H and O–H groups in total. The SMILES string of the molecule is Cc1cc(N2CCCN(C)CC2C)c(CN)c(C)n1. The average molecular weight is 262 g/mol. The third-order valence-electron chi connectivity index (χ3n) is 4.00. The van der Waals surface area contributed by atoms with E-state index in [1.807, 2.05) is 0 Å². The van der Waals surface area contributed by atoms with Gasteiger partial charge in [0.15, 0.2) is 0 Å². The van der Waals surface area contributed by atoms with Gasteiger partial charge in [-0.3, -0.25) is 4.98 Å². The zero-order valence-corrected chi connectivity index (χ0v) is 12.6. The lowest BCUT2D eigenvalue weighted by molar-refractivity contribution is 0.337. The molecule has 1 aliphatic rings. The van der Waals surface area contributed by atoms with Gasteiger partial charge in [0, 0.05) is 48.3 Å². The molecule has 0 radical (unpaired) electrons. The quantitative estimate of drug-likeness (QED) is 0.881. The monoisotopic (exact) mass is 262 g/mol. The van der Waals surface area contributed by atoms with E-state index >= 15 is 0 Å². The highest BCUT2D eigenvalue weighted by Crippen LogP contribution is 2.27. The van der Waals surface area contributed by atoms with Crippen molar-refractivity contribution in [2.24, 2.45) is 5.73 Å². The second-order valence-electron chi connectivity index (χ2n) is 5.71. The van der Waals surface area contributed by atoms with Gasteiger partial charge in [-0.1, -0.05) is 0 Å². The Morgan fingerprint density at radius 2 is 2.11 bits per heavy atom. The number of likely N-dealkylation sites (N-methyl/N-ethyl adjacent to an activating group) is 1. The highest BCUT2D eigenvalue weighted by atomic mass is 15.2. The molecule has 0 aliphatic carbocycles. The van der Waals surface area contributed by atoms with Crippen LogP contribution in [0.25, 0.3) is 0 Å². The smallest absolute Gasteiger partial charge is 0.0451 e. The van der Waals surface area contributed by atoms with Crippen molar-refractivity contribution >= 4 is 5.69 Å². The van der Waals surface area contributed by atoms with Gasteiger partial charge in [-0.2, -0.15) is 0 Å². The number of rotatable bonds is 2. The zero-order valence-electron chi connectivity index (χ0n) is 12.6. The first-order valence-electron chi connectivity index (χ1n) is 7.15. The van der Waals surface area contributed by atoms with Crippen molar-refractivity contribution in [1.82, 2.24) is 9.88 Å². The van der Waals surface area contributed by atoms with Crippen LogP contribution in [0, 0.1) is 13.8 Å². The number of anilines is 1. The lowest BCUT2D eigenvalue weighted by Gasteiger charge is -2.32. The Bertz CT molecular complexity index is 444. The van der Waals surface area contributed by atoms with Crippen LogP contribution in [0.3, 0.4) is 0 Å². The highest BCUT2D eigenvalue weighted by molar-refractivity contribution is 5.57. The fourth-order valence-electron chi connectivity index (χ4n) is 3.07. The van der Waals surface area contributed by atoms with E-state index in [-0.39, 0.29) is 0 Å². The summed E-state index contributed by atoms with van der Waals surface area (Å²) in [6.07, 6.45) is 1.20. The predicted molar refractivity (Wildman–Crippen MR) is 80.5 cm³/mol. The Morgan fingerprint density at radius 3 is 2.79 bits per heavy atom. The summed E-state index contributed by atoms with van der Waals surface area (Å²) in [7, 11) is 2.20. The first kappa shape index (κ1) is 14.3. The van der Waals surface area contributed by atoms with Gasteiger partial charge in [0.1, 0.15) is 0 Å². The van der Waals surface area contributed by atoms with Crippen molar-refractivity contribution in [3.05, 3.63) is 23.0 Å². The molecule has 4 heteroatoms. The molecule has 1 aromatic rings. The molecule has 1 unspecified atom stereocenters. The molecule has 0 amide bonds. The molecule has 1 fully saturated rings. The van der Waals surface area contributed by atoms with Crippen LogP contribution >= 0.6 is 0 Å². The molecule has 0 saturated carbocycles. The molecular weight excluding hydrogens is 236 g/mol. The van der Waals surface area contributed by atoms with Gasteiger partial charge >= 0.3 is 0 Å². The molecule has 1 aliphatic heterocycles. The van der Waals surface area contributed by atoms with Crippen LogP contribution < -0.4 is 10.6 Å². The summed E-state index contributed by atoms with van der Waals surface area (Å²) in [6, 6.07) is 2.70. The molecule has 2 rings (SSSR count). The van der Waals surface area contributed by atoms with E-state index < -0.39 is 0 Å². The standard InChI is InChI=1S/C15H26N4/c1-11-8-15(14(9-16)13(3)17-11)19-7-5-6-18(4)10-12(19)2/h8,12H,5-7,9-10,16H2,1-4H3. The molecule has 1 atom stereocenters. The Kier molecular flexibility index (Phi) is 4.42. The number of nitrogens with zero attached hydrogens (tertiary/aromatic N) is 3. The predicted octanol–water partition coefficient (Wildman–Crippen LogP) is 1.69. The Morgan fingerprint density at radius 1 is 1.37 bits per heavy atom. The number of hydrogen-bond acceptors (Lipinski definition) is 4.